The Morgan fingerprint density at radius 1 is 1.33 bits per heavy atom. The topological polar surface area (TPSA) is 66.5 Å². The van der Waals surface area contributed by atoms with Gasteiger partial charge < -0.3 is 4.90 Å². The molecule has 0 saturated carbocycles. The molecule has 0 spiro atoms. The van der Waals surface area contributed by atoms with Gasteiger partial charge in [-0.05, 0) is 43.5 Å². The lowest BCUT2D eigenvalue weighted by Crippen LogP contribution is -2.56. The van der Waals surface area contributed by atoms with Crippen molar-refractivity contribution in [1.82, 2.24) is 9.62 Å². The normalized spacial score (nSPS) is 15.7. The highest BCUT2D eigenvalue weighted by atomic mass is 35.5. The summed E-state index contributed by atoms with van der Waals surface area (Å²) < 4.78 is 25.1. The van der Waals surface area contributed by atoms with Gasteiger partial charge >= 0.3 is 0 Å². The zero-order chi connectivity index (χ0) is 15.8. The summed E-state index contributed by atoms with van der Waals surface area (Å²) in [6.45, 7) is 4.18. The third kappa shape index (κ3) is 3.96. The minimum absolute atomic E-state index is 0.228. The van der Waals surface area contributed by atoms with Crippen LogP contribution in [0, 0.1) is 0 Å². The lowest BCUT2D eigenvalue weighted by molar-refractivity contribution is -0.137. The molecule has 1 aromatic rings. The van der Waals surface area contributed by atoms with Crippen molar-refractivity contribution >= 4 is 27.5 Å². The molecule has 1 aliphatic heterocycles. The first-order valence-electron chi connectivity index (χ1n) is 6.64. The van der Waals surface area contributed by atoms with E-state index < -0.39 is 15.6 Å². The van der Waals surface area contributed by atoms with E-state index in [0.29, 0.717) is 18.1 Å². The summed E-state index contributed by atoms with van der Waals surface area (Å²) in [7, 11) is -3.45. The highest BCUT2D eigenvalue weighted by Gasteiger charge is 2.35. The molecular formula is C14H19ClN2O3S. The van der Waals surface area contributed by atoms with Crippen LogP contribution in [0.5, 0.6) is 0 Å². The number of rotatable bonds is 3. The number of hydrogen-bond donors (Lipinski definition) is 1. The lowest BCUT2D eigenvalue weighted by atomic mass is 9.97. The Morgan fingerprint density at radius 3 is 2.62 bits per heavy atom. The summed E-state index contributed by atoms with van der Waals surface area (Å²) in [5, 5.41) is 0.688. The van der Waals surface area contributed by atoms with E-state index in [0.717, 1.165) is 23.8 Å². The molecule has 0 aromatic heterocycles. The molecule has 0 fully saturated rings. The van der Waals surface area contributed by atoms with Crippen LogP contribution in [0.2, 0.25) is 5.02 Å². The predicted molar refractivity (Wildman–Crippen MR) is 82.6 cm³/mol. The van der Waals surface area contributed by atoms with Gasteiger partial charge in [0, 0.05) is 18.1 Å². The summed E-state index contributed by atoms with van der Waals surface area (Å²) in [6, 6.07) is 5.63. The maximum atomic E-state index is 12.5. The fourth-order valence-corrected chi connectivity index (χ4v) is 3.81. The second-order valence-corrected chi connectivity index (χ2v) is 8.07. The lowest BCUT2D eigenvalue weighted by Gasteiger charge is -2.35. The van der Waals surface area contributed by atoms with Crippen LogP contribution >= 0.6 is 11.6 Å². The number of amides is 1. The van der Waals surface area contributed by atoms with Gasteiger partial charge in [-0.25, -0.2) is 13.1 Å². The van der Waals surface area contributed by atoms with Gasteiger partial charge in [-0.1, -0.05) is 17.7 Å². The van der Waals surface area contributed by atoms with Crippen LogP contribution in [0.15, 0.2) is 18.2 Å². The second-order valence-electron chi connectivity index (χ2n) is 5.89. The van der Waals surface area contributed by atoms with Crippen LogP contribution in [0.1, 0.15) is 25.0 Å². The number of benzene rings is 1. The van der Waals surface area contributed by atoms with E-state index in [2.05, 4.69) is 4.72 Å². The molecule has 0 atom stereocenters. The zero-order valence-corrected chi connectivity index (χ0v) is 13.9. The molecule has 2 rings (SSSR count). The first kappa shape index (κ1) is 16.3. The highest BCUT2D eigenvalue weighted by molar-refractivity contribution is 7.88. The van der Waals surface area contributed by atoms with Gasteiger partial charge in [0.1, 0.15) is 5.54 Å². The molecule has 1 N–H and O–H groups in total. The van der Waals surface area contributed by atoms with E-state index in [-0.39, 0.29) is 5.91 Å². The third-order valence-corrected chi connectivity index (χ3v) is 4.56. The highest BCUT2D eigenvalue weighted by Crippen LogP contribution is 2.24. The summed E-state index contributed by atoms with van der Waals surface area (Å²) in [4.78, 5) is 14.2. The minimum atomic E-state index is -3.45. The van der Waals surface area contributed by atoms with Crippen molar-refractivity contribution in [1.29, 1.82) is 0 Å². The minimum Gasteiger partial charge on any atom is -0.336 e. The monoisotopic (exact) mass is 330 g/mol. The Morgan fingerprint density at radius 2 is 2.00 bits per heavy atom. The molecule has 1 heterocycles. The molecule has 1 aromatic carbocycles. The Hall–Kier alpha value is -1.11. The summed E-state index contributed by atoms with van der Waals surface area (Å²) in [5.74, 6) is -0.228. The molecule has 0 radical (unpaired) electrons. The zero-order valence-electron chi connectivity index (χ0n) is 12.3. The number of sulfonamides is 1. The van der Waals surface area contributed by atoms with Crippen LogP contribution in [-0.2, 0) is 27.8 Å². The second kappa shape index (κ2) is 5.59. The molecule has 0 bridgehead atoms. The maximum absolute atomic E-state index is 12.5. The van der Waals surface area contributed by atoms with Crippen molar-refractivity contribution in [3.8, 4) is 0 Å². The van der Waals surface area contributed by atoms with E-state index >= 15 is 0 Å². The maximum Gasteiger partial charge on any atom is 0.243 e. The smallest absolute Gasteiger partial charge is 0.243 e. The van der Waals surface area contributed by atoms with E-state index in [1.807, 2.05) is 12.1 Å². The number of carbonyl (C=O) groups excluding carboxylic acids is 1. The fraction of sp³-hybridized carbons (Fsp3) is 0.500. The average Bonchev–Trinajstić information content (AvgIpc) is 2.34. The molecular weight excluding hydrogens is 312 g/mol. The van der Waals surface area contributed by atoms with Crippen molar-refractivity contribution in [2.24, 2.45) is 0 Å². The summed E-state index contributed by atoms with van der Waals surface area (Å²) in [5.41, 5.74) is 1.03. The van der Waals surface area contributed by atoms with E-state index in [9.17, 15) is 13.2 Å². The molecule has 21 heavy (non-hydrogen) atoms. The molecule has 116 valence electrons. The standard InChI is InChI=1S/C14H19ClN2O3S/c1-14(2,16-21(3,19)20)13(18)17-7-6-10-8-12(15)5-4-11(10)9-17/h4-5,8,16H,6-7,9H2,1-3H3. The quantitative estimate of drug-likeness (QED) is 0.914. The van der Waals surface area contributed by atoms with Gasteiger partial charge in [0.15, 0.2) is 0 Å². The molecule has 0 saturated heterocycles. The Balaban J connectivity index is 2.17. The number of carbonyl (C=O) groups is 1. The van der Waals surface area contributed by atoms with Crippen molar-refractivity contribution in [3.63, 3.8) is 0 Å². The van der Waals surface area contributed by atoms with E-state index in [4.69, 9.17) is 11.6 Å². The fourth-order valence-electron chi connectivity index (χ4n) is 2.60. The van der Waals surface area contributed by atoms with Gasteiger partial charge in [-0.2, -0.15) is 0 Å². The van der Waals surface area contributed by atoms with Crippen LogP contribution in [0.4, 0.5) is 0 Å². The van der Waals surface area contributed by atoms with Crippen LogP contribution in [0.3, 0.4) is 0 Å². The molecule has 7 heteroatoms. The molecule has 5 nitrogen and oxygen atoms in total. The van der Waals surface area contributed by atoms with Gasteiger partial charge in [-0.3, -0.25) is 4.79 Å². The van der Waals surface area contributed by atoms with Crippen LogP contribution in [0.25, 0.3) is 0 Å². The summed E-state index contributed by atoms with van der Waals surface area (Å²) >= 11 is 5.96. The van der Waals surface area contributed by atoms with Gasteiger partial charge in [0.25, 0.3) is 0 Å². The van der Waals surface area contributed by atoms with Crippen molar-refractivity contribution in [3.05, 3.63) is 34.3 Å². The van der Waals surface area contributed by atoms with E-state index in [1.165, 1.54) is 0 Å². The van der Waals surface area contributed by atoms with Gasteiger partial charge in [0.2, 0.25) is 15.9 Å². The molecule has 0 unspecified atom stereocenters. The summed E-state index contributed by atoms with van der Waals surface area (Å²) in [6.07, 6.45) is 1.77. The first-order chi connectivity index (χ1) is 9.58. The SMILES string of the molecule is CC(C)(NS(C)(=O)=O)C(=O)N1CCc2cc(Cl)ccc2C1. The Kier molecular flexibility index (Phi) is 4.33. The van der Waals surface area contributed by atoms with Gasteiger partial charge in [-0.15, -0.1) is 0 Å². The third-order valence-electron chi connectivity index (χ3n) is 3.44. The number of hydrogen-bond acceptors (Lipinski definition) is 3. The predicted octanol–water partition coefficient (Wildman–Crippen LogP) is 1.55. The van der Waals surface area contributed by atoms with Crippen molar-refractivity contribution < 1.29 is 13.2 Å². The number of halogens is 1. The Labute approximate surface area is 130 Å². The van der Waals surface area contributed by atoms with Crippen LogP contribution < -0.4 is 4.72 Å². The first-order valence-corrected chi connectivity index (χ1v) is 8.91. The molecule has 0 aliphatic carbocycles. The average molecular weight is 331 g/mol. The number of fused-ring (bicyclic) bond motifs is 1. The number of nitrogens with zero attached hydrogens (tertiary/aromatic N) is 1. The molecule has 1 aliphatic rings. The van der Waals surface area contributed by atoms with E-state index in [1.54, 1.807) is 24.8 Å². The van der Waals surface area contributed by atoms with Gasteiger partial charge in [0.05, 0.1) is 6.26 Å². The van der Waals surface area contributed by atoms with Crippen LogP contribution in [-0.4, -0.2) is 37.6 Å². The Bertz CT molecular complexity index is 671. The molecule has 1 amide bonds. The van der Waals surface area contributed by atoms with Crippen molar-refractivity contribution in [2.75, 3.05) is 12.8 Å². The largest absolute Gasteiger partial charge is 0.336 e. The van der Waals surface area contributed by atoms with Crippen molar-refractivity contribution in [2.45, 2.75) is 32.4 Å². The number of nitrogens with one attached hydrogen (secondary N) is 1.